The topological polar surface area (TPSA) is 88.1 Å². The van der Waals surface area contributed by atoms with Gasteiger partial charge in [-0.3, -0.25) is 9.52 Å². The molecule has 1 aliphatic heterocycles. The van der Waals surface area contributed by atoms with Crippen LogP contribution in [-0.4, -0.2) is 38.4 Å². The van der Waals surface area contributed by atoms with E-state index in [1.54, 1.807) is 31.4 Å². The summed E-state index contributed by atoms with van der Waals surface area (Å²) < 4.78 is 30.5. The van der Waals surface area contributed by atoms with Gasteiger partial charge < -0.3 is 4.74 Å². The predicted molar refractivity (Wildman–Crippen MR) is 104 cm³/mol. The van der Waals surface area contributed by atoms with Gasteiger partial charge in [0.15, 0.2) is 0 Å². The number of hydrazone groups is 1. The van der Waals surface area contributed by atoms with Crippen molar-refractivity contribution in [2.45, 2.75) is 19.4 Å². The first-order chi connectivity index (χ1) is 12.8. The summed E-state index contributed by atoms with van der Waals surface area (Å²) in [6.07, 6.45) is 1.64. The first-order valence-corrected chi connectivity index (χ1v) is 10.3. The molecule has 3 rings (SSSR count). The van der Waals surface area contributed by atoms with Crippen LogP contribution in [0.25, 0.3) is 0 Å². The van der Waals surface area contributed by atoms with Crippen molar-refractivity contribution in [2.24, 2.45) is 5.10 Å². The van der Waals surface area contributed by atoms with Crippen molar-refractivity contribution in [3.8, 4) is 5.75 Å². The number of carbonyl (C=O) groups is 1. The van der Waals surface area contributed by atoms with Crippen LogP contribution in [0.1, 0.15) is 30.5 Å². The summed E-state index contributed by atoms with van der Waals surface area (Å²) in [6.45, 7) is 1.48. The number of hydrogen-bond acceptors (Lipinski definition) is 5. The standard InChI is InChI=1S/C19H21N3O4S/c1-13(23)22-18(16-6-4-5-7-19(16)26-2)12-17(20-22)14-8-10-15(11-9-14)21-27(3,24)25/h4-11,18,21H,12H2,1-3H3. The van der Waals surface area contributed by atoms with Gasteiger partial charge in [-0.05, 0) is 23.8 Å². The van der Waals surface area contributed by atoms with Gasteiger partial charge in [0.2, 0.25) is 15.9 Å². The van der Waals surface area contributed by atoms with Crippen LogP contribution in [0.2, 0.25) is 0 Å². The number of sulfonamides is 1. The van der Waals surface area contributed by atoms with Gasteiger partial charge in [0.1, 0.15) is 5.75 Å². The third kappa shape index (κ3) is 4.28. The zero-order chi connectivity index (χ0) is 19.6. The minimum Gasteiger partial charge on any atom is -0.496 e. The molecule has 8 heteroatoms. The maximum atomic E-state index is 12.1. The summed E-state index contributed by atoms with van der Waals surface area (Å²) in [4.78, 5) is 12.1. The summed E-state index contributed by atoms with van der Waals surface area (Å²) in [5, 5.41) is 5.97. The van der Waals surface area contributed by atoms with Gasteiger partial charge in [-0.2, -0.15) is 5.10 Å². The monoisotopic (exact) mass is 387 g/mol. The molecule has 2 aromatic rings. The smallest absolute Gasteiger partial charge is 0.240 e. The normalized spacial score (nSPS) is 16.8. The molecule has 1 heterocycles. The molecule has 1 unspecified atom stereocenters. The van der Waals surface area contributed by atoms with E-state index in [2.05, 4.69) is 9.82 Å². The lowest BCUT2D eigenvalue weighted by Crippen LogP contribution is -2.24. The number of nitrogens with zero attached hydrogens (tertiary/aromatic N) is 2. The minimum atomic E-state index is -3.33. The Labute approximate surface area is 158 Å². The Morgan fingerprint density at radius 2 is 1.85 bits per heavy atom. The molecule has 0 bridgehead atoms. The Bertz CT molecular complexity index is 984. The van der Waals surface area contributed by atoms with Gasteiger partial charge in [-0.1, -0.05) is 30.3 Å². The van der Waals surface area contributed by atoms with Crippen molar-refractivity contribution < 1.29 is 17.9 Å². The fourth-order valence-electron chi connectivity index (χ4n) is 3.10. The molecule has 27 heavy (non-hydrogen) atoms. The second kappa shape index (κ2) is 7.40. The molecule has 0 aliphatic carbocycles. The zero-order valence-electron chi connectivity index (χ0n) is 15.3. The van der Waals surface area contributed by atoms with Crippen LogP contribution < -0.4 is 9.46 Å². The highest BCUT2D eigenvalue weighted by molar-refractivity contribution is 7.92. The van der Waals surface area contributed by atoms with Crippen LogP contribution in [0.3, 0.4) is 0 Å². The highest BCUT2D eigenvalue weighted by Crippen LogP contribution is 2.37. The Hall–Kier alpha value is -2.87. The lowest BCUT2D eigenvalue weighted by Gasteiger charge is -2.22. The molecule has 7 nitrogen and oxygen atoms in total. The summed E-state index contributed by atoms with van der Waals surface area (Å²) in [5.41, 5.74) is 2.96. The quantitative estimate of drug-likeness (QED) is 0.854. The van der Waals surface area contributed by atoms with E-state index in [0.717, 1.165) is 23.1 Å². The van der Waals surface area contributed by atoms with Crippen molar-refractivity contribution in [2.75, 3.05) is 18.1 Å². The summed E-state index contributed by atoms with van der Waals surface area (Å²) in [5.74, 6) is 0.550. The number of amides is 1. The third-order valence-electron chi connectivity index (χ3n) is 4.25. The van der Waals surface area contributed by atoms with Crippen molar-refractivity contribution in [3.63, 3.8) is 0 Å². The van der Waals surface area contributed by atoms with Gasteiger partial charge in [-0.15, -0.1) is 0 Å². The van der Waals surface area contributed by atoms with Crippen LogP contribution >= 0.6 is 0 Å². The molecular weight excluding hydrogens is 366 g/mol. The van der Waals surface area contributed by atoms with Gasteiger partial charge >= 0.3 is 0 Å². The maximum Gasteiger partial charge on any atom is 0.240 e. The molecule has 2 aromatic carbocycles. The first-order valence-electron chi connectivity index (χ1n) is 8.37. The SMILES string of the molecule is COc1ccccc1C1CC(c2ccc(NS(C)(=O)=O)cc2)=NN1C(C)=O. The minimum absolute atomic E-state index is 0.156. The fraction of sp³-hybridized carbons (Fsp3) is 0.263. The summed E-state index contributed by atoms with van der Waals surface area (Å²) >= 11 is 0. The van der Waals surface area contributed by atoms with Crippen molar-refractivity contribution in [1.29, 1.82) is 0 Å². The van der Waals surface area contributed by atoms with E-state index < -0.39 is 10.0 Å². The Morgan fingerprint density at radius 3 is 2.44 bits per heavy atom. The number of para-hydroxylation sites is 1. The van der Waals surface area contributed by atoms with Crippen LogP contribution in [0, 0.1) is 0 Å². The number of methoxy groups -OCH3 is 1. The lowest BCUT2D eigenvalue weighted by atomic mass is 9.97. The Morgan fingerprint density at radius 1 is 1.19 bits per heavy atom. The molecule has 1 N–H and O–H groups in total. The number of hydrogen-bond donors (Lipinski definition) is 1. The van der Waals surface area contributed by atoms with E-state index >= 15 is 0 Å². The molecular formula is C19H21N3O4S. The number of nitrogens with one attached hydrogen (secondary N) is 1. The molecule has 1 amide bonds. The summed E-state index contributed by atoms with van der Waals surface area (Å²) in [7, 11) is -1.73. The highest BCUT2D eigenvalue weighted by Gasteiger charge is 2.33. The molecule has 1 atom stereocenters. The van der Waals surface area contributed by atoms with Gasteiger partial charge in [-0.25, -0.2) is 13.4 Å². The van der Waals surface area contributed by atoms with Gasteiger partial charge in [0, 0.05) is 24.6 Å². The highest BCUT2D eigenvalue weighted by atomic mass is 32.2. The van der Waals surface area contributed by atoms with Crippen LogP contribution in [0.15, 0.2) is 53.6 Å². The second-order valence-corrected chi connectivity index (χ2v) is 8.07. The largest absolute Gasteiger partial charge is 0.496 e. The number of ether oxygens (including phenoxy) is 1. The predicted octanol–water partition coefficient (Wildman–Crippen LogP) is 2.76. The zero-order valence-corrected chi connectivity index (χ0v) is 16.2. The molecule has 0 fully saturated rings. The summed E-state index contributed by atoms with van der Waals surface area (Å²) in [6, 6.07) is 14.2. The van der Waals surface area contributed by atoms with Crippen LogP contribution in [0.4, 0.5) is 5.69 Å². The molecule has 0 spiro atoms. The van der Waals surface area contributed by atoms with Crippen LogP contribution in [-0.2, 0) is 14.8 Å². The molecule has 0 saturated heterocycles. The van der Waals surface area contributed by atoms with Crippen molar-refractivity contribution in [3.05, 3.63) is 59.7 Å². The first kappa shape index (κ1) is 18.9. The maximum absolute atomic E-state index is 12.1. The van der Waals surface area contributed by atoms with Crippen molar-refractivity contribution in [1.82, 2.24) is 5.01 Å². The lowest BCUT2D eigenvalue weighted by molar-refractivity contribution is -0.130. The molecule has 0 radical (unpaired) electrons. The number of benzene rings is 2. The molecule has 142 valence electrons. The van der Waals surface area contributed by atoms with Gasteiger partial charge in [0.25, 0.3) is 0 Å². The van der Waals surface area contributed by atoms with Gasteiger partial charge in [0.05, 0.1) is 25.1 Å². The van der Waals surface area contributed by atoms with E-state index in [-0.39, 0.29) is 11.9 Å². The molecule has 1 aliphatic rings. The fourth-order valence-corrected chi connectivity index (χ4v) is 3.67. The van der Waals surface area contributed by atoms with Crippen molar-refractivity contribution >= 4 is 27.3 Å². The van der Waals surface area contributed by atoms with E-state index in [1.807, 2.05) is 24.3 Å². The Balaban J connectivity index is 1.89. The third-order valence-corrected chi connectivity index (χ3v) is 4.86. The number of anilines is 1. The van der Waals surface area contributed by atoms with E-state index in [1.165, 1.54) is 11.9 Å². The average molecular weight is 387 g/mol. The van der Waals surface area contributed by atoms with E-state index in [4.69, 9.17) is 4.74 Å². The van der Waals surface area contributed by atoms with E-state index in [9.17, 15) is 13.2 Å². The second-order valence-electron chi connectivity index (χ2n) is 6.32. The molecule has 0 saturated carbocycles. The van der Waals surface area contributed by atoms with E-state index in [0.29, 0.717) is 17.9 Å². The molecule has 0 aromatic heterocycles. The Kier molecular flexibility index (Phi) is 5.18. The van der Waals surface area contributed by atoms with Crippen LogP contribution in [0.5, 0.6) is 5.75 Å². The average Bonchev–Trinajstić information content (AvgIpc) is 3.06. The number of carbonyl (C=O) groups excluding carboxylic acids is 1. The number of rotatable bonds is 5.